The number of imide groups is 2. The second-order valence-electron chi connectivity index (χ2n) is 8.28. The van der Waals surface area contributed by atoms with Gasteiger partial charge in [0.1, 0.15) is 16.2 Å². The average molecular weight is 525 g/mol. The van der Waals surface area contributed by atoms with E-state index in [4.69, 9.17) is 15.8 Å². The standard InChI is InChI=1S/C26H21ClN2O6S/c1-15-4-8-20(9-5-15)36(33,34)35-23-11-7-19(27)13-18(23)14-21-24(30)28-26(32)29(25(21)31)22-10-6-16(2)12-17(22)3/h4-14H,1-3H3,(H,28,30,32)/b21-14+. The first kappa shape index (κ1) is 25.2. The number of nitrogens with zero attached hydrogens (tertiary/aromatic N) is 1. The average Bonchev–Trinajstić information content (AvgIpc) is 2.79. The summed E-state index contributed by atoms with van der Waals surface area (Å²) in [6.07, 6.45) is 1.15. The molecule has 0 atom stereocenters. The maximum atomic E-state index is 13.3. The first-order chi connectivity index (χ1) is 17.0. The quantitative estimate of drug-likeness (QED) is 0.294. The molecule has 0 saturated carbocycles. The Morgan fingerprint density at radius 2 is 1.56 bits per heavy atom. The van der Waals surface area contributed by atoms with Crippen LogP contribution in [0.1, 0.15) is 22.3 Å². The zero-order chi connectivity index (χ0) is 26.2. The van der Waals surface area contributed by atoms with Crippen molar-refractivity contribution >= 4 is 51.3 Å². The van der Waals surface area contributed by atoms with E-state index in [-0.39, 0.29) is 21.2 Å². The molecule has 1 fully saturated rings. The second-order valence-corrected chi connectivity index (χ2v) is 10.3. The van der Waals surface area contributed by atoms with E-state index in [1.807, 2.05) is 13.8 Å². The normalized spacial score (nSPS) is 15.3. The Balaban J connectivity index is 1.76. The van der Waals surface area contributed by atoms with Gasteiger partial charge in [0.05, 0.1) is 5.69 Å². The topological polar surface area (TPSA) is 110 Å². The molecule has 1 aliphatic rings. The van der Waals surface area contributed by atoms with Gasteiger partial charge < -0.3 is 4.18 Å². The molecule has 0 unspecified atom stereocenters. The summed E-state index contributed by atoms with van der Waals surface area (Å²) in [6.45, 7) is 5.43. The highest BCUT2D eigenvalue weighted by Gasteiger charge is 2.37. The van der Waals surface area contributed by atoms with Gasteiger partial charge in [0.15, 0.2) is 0 Å². The number of hydrogen-bond acceptors (Lipinski definition) is 6. The maximum absolute atomic E-state index is 13.3. The number of barbiturate groups is 1. The molecule has 8 nitrogen and oxygen atoms in total. The molecule has 0 spiro atoms. The fourth-order valence-electron chi connectivity index (χ4n) is 3.67. The Labute approximate surface area is 213 Å². The van der Waals surface area contributed by atoms with Crippen molar-refractivity contribution in [3.63, 3.8) is 0 Å². The van der Waals surface area contributed by atoms with Crippen LogP contribution in [0.2, 0.25) is 5.02 Å². The summed E-state index contributed by atoms with van der Waals surface area (Å²) in [5, 5.41) is 2.37. The lowest BCUT2D eigenvalue weighted by atomic mass is 10.0. The van der Waals surface area contributed by atoms with Gasteiger partial charge in [0, 0.05) is 10.6 Å². The molecule has 0 aliphatic carbocycles. The zero-order valence-corrected chi connectivity index (χ0v) is 21.1. The first-order valence-electron chi connectivity index (χ1n) is 10.8. The van der Waals surface area contributed by atoms with Gasteiger partial charge >= 0.3 is 16.1 Å². The number of aryl methyl sites for hydroxylation is 3. The molecule has 0 bridgehead atoms. The molecule has 3 aromatic rings. The van der Waals surface area contributed by atoms with Gasteiger partial charge in [-0.15, -0.1) is 0 Å². The summed E-state index contributed by atoms with van der Waals surface area (Å²) >= 11 is 6.11. The van der Waals surface area contributed by atoms with Gasteiger partial charge in [0.2, 0.25) is 0 Å². The molecule has 184 valence electrons. The van der Waals surface area contributed by atoms with E-state index in [9.17, 15) is 22.8 Å². The molecule has 1 aliphatic heterocycles. The molecule has 1 heterocycles. The number of amides is 4. The lowest BCUT2D eigenvalue weighted by Crippen LogP contribution is -2.54. The number of nitrogens with one attached hydrogen (secondary N) is 1. The van der Waals surface area contributed by atoms with E-state index >= 15 is 0 Å². The van der Waals surface area contributed by atoms with Crippen molar-refractivity contribution < 1.29 is 27.0 Å². The minimum Gasteiger partial charge on any atom is -0.378 e. The van der Waals surface area contributed by atoms with Crippen LogP contribution in [0.4, 0.5) is 10.5 Å². The number of carbonyl (C=O) groups is 3. The molecule has 1 saturated heterocycles. The van der Waals surface area contributed by atoms with E-state index in [1.165, 1.54) is 30.3 Å². The first-order valence-corrected chi connectivity index (χ1v) is 12.5. The Morgan fingerprint density at radius 3 is 2.22 bits per heavy atom. The van der Waals surface area contributed by atoms with Crippen LogP contribution in [0.25, 0.3) is 6.08 Å². The van der Waals surface area contributed by atoms with Crippen molar-refractivity contribution in [2.75, 3.05) is 4.90 Å². The smallest absolute Gasteiger partial charge is 0.339 e. The highest BCUT2D eigenvalue weighted by molar-refractivity contribution is 7.87. The number of halogens is 1. The zero-order valence-electron chi connectivity index (χ0n) is 19.5. The summed E-state index contributed by atoms with van der Waals surface area (Å²) < 4.78 is 31.0. The van der Waals surface area contributed by atoms with Crippen molar-refractivity contribution in [1.82, 2.24) is 5.32 Å². The van der Waals surface area contributed by atoms with Crippen LogP contribution in [0.5, 0.6) is 5.75 Å². The maximum Gasteiger partial charge on any atom is 0.339 e. The molecule has 1 N–H and O–H groups in total. The number of anilines is 1. The van der Waals surface area contributed by atoms with Crippen LogP contribution in [-0.4, -0.2) is 26.3 Å². The molecule has 4 rings (SSSR count). The van der Waals surface area contributed by atoms with Crippen LogP contribution in [-0.2, 0) is 19.7 Å². The SMILES string of the molecule is Cc1ccc(S(=O)(=O)Oc2ccc(Cl)cc2/C=C2\C(=O)NC(=O)N(c3ccc(C)cc3C)C2=O)cc1. The van der Waals surface area contributed by atoms with Crippen LogP contribution in [0.15, 0.2) is 71.1 Å². The summed E-state index contributed by atoms with van der Waals surface area (Å²) in [4.78, 5) is 39.3. The van der Waals surface area contributed by atoms with E-state index in [1.54, 1.807) is 37.3 Å². The number of rotatable bonds is 5. The lowest BCUT2D eigenvalue weighted by Gasteiger charge is -2.27. The van der Waals surface area contributed by atoms with Gasteiger partial charge in [-0.05, 0) is 68.8 Å². The molecule has 3 aromatic carbocycles. The Morgan fingerprint density at radius 1 is 0.889 bits per heavy atom. The largest absolute Gasteiger partial charge is 0.378 e. The van der Waals surface area contributed by atoms with Crippen molar-refractivity contribution in [3.05, 3.63) is 93.5 Å². The Bertz CT molecular complexity index is 1550. The molecule has 4 amide bonds. The number of carbonyl (C=O) groups excluding carboxylic acids is 3. The van der Waals surface area contributed by atoms with Gasteiger partial charge in [-0.2, -0.15) is 8.42 Å². The highest BCUT2D eigenvalue weighted by atomic mass is 35.5. The minimum atomic E-state index is -4.23. The Kier molecular flexibility index (Phi) is 6.71. The molecular formula is C26H21ClN2O6S. The van der Waals surface area contributed by atoms with Gasteiger partial charge in [-0.25, -0.2) is 9.69 Å². The predicted molar refractivity (Wildman–Crippen MR) is 135 cm³/mol. The molecular weight excluding hydrogens is 504 g/mol. The predicted octanol–water partition coefficient (Wildman–Crippen LogP) is 4.70. The molecule has 0 aromatic heterocycles. The van der Waals surface area contributed by atoms with E-state index in [0.717, 1.165) is 22.1 Å². The summed E-state index contributed by atoms with van der Waals surface area (Å²) in [5.41, 5.74) is 2.44. The molecule has 10 heteroatoms. The number of hydrogen-bond donors (Lipinski definition) is 1. The highest BCUT2D eigenvalue weighted by Crippen LogP contribution is 2.31. The molecule has 36 heavy (non-hydrogen) atoms. The minimum absolute atomic E-state index is 0.0617. The Hall–Kier alpha value is -3.95. The van der Waals surface area contributed by atoms with E-state index in [0.29, 0.717) is 11.3 Å². The summed E-state index contributed by atoms with van der Waals surface area (Å²) in [5.74, 6) is -1.95. The summed E-state index contributed by atoms with van der Waals surface area (Å²) in [6, 6.07) is 14.4. The van der Waals surface area contributed by atoms with Crippen molar-refractivity contribution in [2.24, 2.45) is 0 Å². The van der Waals surface area contributed by atoms with Gasteiger partial charge in [0.25, 0.3) is 11.8 Å². The van der Waals surface area contributed by atoms with Crippen molar-refractivity contribution in [3.8, 4) is 5.75 Å². The van der Waals surface area contributed by atoms with Crippen molar-refractivity contribution in [1.29, 1.82) is 0 Å². The number of benzene rings is 3. The van der Waals surface area contributed by atoms with Crippen LogP contribution >= 0.6 is 11.6 Å². The van der Waals surface area contributed by atoms with Crippen LogP contribution in [0, 0.1) is 20.8 Å². The third-order valence-corrected chi connectivity index (χ3v) is 6.96. The summed E-state index contributed by atoms with van der Waals surface area (Å²) in [7, 11) is -4.23. The fraction of sp³-hybridized carbons (Fsp3) is 0.115. The molecule has 0 radical (unpaired) electrons. The van der Waals surface area contributed by atoms with Gasteiger partial charge in [-0.1, -0.05) is 47.0 Å². The van der Waals surface area contributed by atoms with Gasteiger partial charge in [-0.3, -0.25) is 14.9 Å². The fourth-order valence-corrected chi connectivity index (χ4v) is 4.80. The van der Waals surface area contributed by atoms with Crippen LogP contribution in [0.3, 0.4) is 0 Å². The second kappa shape index (κ2) is 9.60. The van der Waals surface area contributed by atoms with E-state index in [2.05, 4.69) is 5.32 Å². The third-order valence-electron chi connectivity index (χ3n) is 5.48. The number of urea groups is 1. The van der Waals surface area contributed by atoms with Crippen molar-refractivity contribution in [2.45, 2.75) is 25.7 Å². The lowest BCUT2D eigenvalue weighted by molar-refractivity contribution is -0.122. The van der Waals surface area contributed by atoms with E-state index < -0.39 is 33.5 Å². The van der Waals surface area contributed by atoms with Crippen LogP contribution < -0.4 is 14.4 Å². The third kappa shape index (κ3) is 5.02. The monoisotopic (exact) mass is 524 g/mol.